The fraction of sp³-hybridized carbons (Fsp3) is 0.316. The van der Waals surface area contributed by atoms with Gasteiger partial charge in [-0.2, -0.15) is 0 Å². The first-order chi connectivity index (χ1) is 11.2. The Bertz CT molecular complexity index is 720. The van der Waals surface area contributed by atoms with Crippen molar-refractivity contribution in [3.63, 3.8) is 0 Å². The molecule has 0 bridgehead atoms. The second kappa shape index (κ2) is 7.42. The van der Waals surface area contributed by atoms with E-state index in [0.717, 1.165) is 20.5 Å². The zero-order valence-electron chi connectivity index (χ0n) is 14.6. The Morgan fingerprint density at radius 1 is 1.08 bits per heavy atom. The Kier molecular flexibility index (Phi) is 5.74. The number of hydrogen-bond acceptors (Lipinski definition) is 3. The average Bonchev–Trinajstić information content (AvgIpc) is 2.49. The number of halogens is 1. The molecule has 1 amide bonds. The maximum absolute atomic E-state index is 12.9. The Hall–Kier alpha value is -1.76. The minimum absolute atomic E-state index is 0.419. The highest BCUT2D eigenvalue weighted by Gasteiger charge is 2.27. The number of nitrogens with zero attached hydrogens (tertiary/aromatic N) is 1. The second-order valence-electron chi connectivity index (χ2n) is 6.44. The Morgan fingerprint density at radius 2 is 1.71 bits per heavy atom. The lowest BCUT2D eigenvalue weighted by molar-refractivity contribution is 0.0599. The summed E-state index contributed by atoms with van der Waals surface area (Å²) in [6.45, 7) is 7.58. The van der Waals surface area contributed by atoms with Crippen molar-refractivity contribution in [3.8, 4) is 5.75 Å². The molecule has 0 atom stereocenters. The molecule has 128 valence electrons. The van der Waals surface area contributed by atoms with Gasteiger partial charge in [0.15, 0.2) is 0 Å². The first kappa shape index (κ1) is 18.6. The number of methoxy groups -OCH3 is 1. The average molecular weight is 439 g/mol. The number of amides is 1. The van der Waals surface area contributed by atoms with Gasteiger partial charge in [-0.25, -0.2) is 9.69 Å². The van der Waals surface area contributed by atoms with Crippen molar-refractivity contribution in [2.24, 2.45) is 0 Å². The number of carbonyl (C=O) groups is 1. The summed E-state index contributed by atoms with van der Waals surface area (Å²) in [5.74, 6) is 0.716. The molecule has 0 radical (unpaired) electrons. The SMILES string of the molecule is COc1cccc(N(C(=O)OC(C)(C)C)c2ccc(C)cc2)c1I. The first-order valence-electron chi connectivity index (χ1n) is 7.65. The maximum Gasteiger partial charge on any atom is 0.419 e. The van der Waals surface area contributed by atoms with Crippen LogP contribution in [0.1, 0.15) is 26.3 Å². The Morgan fingerprint density at radius 3 is 2.25 bits per heavy atom. The molecule has 0 saturated heterocycles. The van der Waals surface area contributed by atoms with E-state index in [2.05, 4.69) is 22.6 Å². The third-order valence-electron chi connectivity index (χ3n) is 3.27. The first-order valence-corrected chi connectivity index (χ1v) is 8.73. The van der Waals surface area contributed by atoms with Gasteiger partial charge in [0, 0.05) is 0 Å². The minimum atomic E-state index is -0.579. The molecule has 0 aliphatic rings. The highest BCUT2D eigenvalue weighted by Crippen LogP contribution is 2.36. The zero-order chi connectivity index (χ0) is 17.9. The zero-order valence-corrected chi connectivity index (χ0v) is 16.7. The summed E-state index contributed by atoms with van der Waals surface area (Å²) in [5.41, 5.74) is 2.03. The van der Waals surface area contributed by atoms with Crippen molar-refractivity contribution in [1.29, 1.82) is 0 Å². The van der Waals surface area contributed by atoms with Gasteiger partial charge in [0.2, 0.25) is 0 Å². The highest BCUT2D eigenvalue weighted by atomic mass is 127. The van der Waals surface area contributed by atoms with Crippen LogP contribution < -0.4 is 9.64 Å². The molecule has 0 heterocycles. The van der Waals surface area contributed by atoms with Gasteiger partial charge >= 0.3 is 6.09 Å². The van der Waals surface area contributed by atoms with Crippen LogP contribution in [0.5, 0.6) is 5.75 Å². The molecular formula is C19H22INO3. The van der Waals surface area contributed by atoms with E-state index < -0.39 is 11.7 Å². The van der Waals surface area contributed by atoms with Gasteiger partial charge in [-0.1, -0.05) is 23.8 Å². The van der Waals surface area contributed by atoms with E-state index in [1.165, 1.54) is 0 Å². The van der Waals surface area contributed by atoms with Crippen LogP contribution in [-0.2, 0) is 4.74 Å². The van der Waals surface area contributed by atoms with E-state index >= 15 is 0 Å². The molecule has 0 N–H and O–H groups in total. The van der Waals surface area contributed by atoms with Crippen LogP contribution >= 0.6 is 22.6 Å². The van der Waals surface area contributed by atoms with Crippen molar-refractivity contribution < 1.29 is 14.3 Å². The summed E-state index contributed by atoms with van der Waals surface area (Å²) in [4.78, 5) is 14.4. The molecule has 0 aromatic heterocycles. The maximum atomic E-state index is 12.9. The second-order valence-corrected chi connectivity index (χ2v) is 7.52. The molecule has 2 aromatic rings. The van der Waals surface area contributed by atoms with Gasteiger partial charge in [-0.15, -0.1) is 0 Å². The van der Waals surface area contributed by atoms with E-state index in [-0.39, 0.29) is 0 Å². The van der Waals surface area contributed by atoms with Crippen LogP contribution in [0.25, 0.3) is 0 Å². The van der Waals surface area contributed by atoms with Gasteiger partial charge < -0.3 is 9.47 Å². The van der Waals surface area contributed by atoms with Crippen LogP contribution in [-0.4, -0.2) is 18.8 Å². The Labute approximate surface area is 156 Å². The van der Waals surface area contributed by atoms with Crippen LogP contribution in [0, 0.1) is 10.5 Å². The van der Waals surface area contributed by atoms with Crippen molar-refractivity contribution >= 4 is 40.1 Å². The summed E-state index contributed by atoms with van der Waals surface area (Å²) in [5, 5.41) is 0. The molecule has 2 aromatic carbocycles. The third kappa shape index (κ3) is 4.41. The standard InChI is InChI=1S/C19H22INO3/c1-13-9-11-14(12-10-13)21(18(22)24-19(2,3)4)15-7-6-8-16(23-5)17(15)20/h6-12H,1-5H3. The molecular weight excluding hydrogens is 417 g/mol. The number of ether oxygens (including phenoxy) is 2. The van der Waals surface area contributed by atoms with E-state index in [1.807, 2.05) is 70.2 Å². The number of rotatable bonds is 3. The molecule has 24 heavy (non-hydrogen) atoms. The molecule has 0 unspecified atom stereocenters. The normalized spacial score (nSPS) is 11.1. The van der Waals surface area contributed by atoms with E-state index in [9.17, 15) is 4.79 Å². The lowest BCUT2D eigenvalue weighted by Gasteiger charge is -2.28. The number of benzene rings is 2. The summed E-state index contributed by atoms with van der Waals surface area (Å²) in [6.07, 6.45) is -0.419. The topological polar surface area (TPSA) is 38.8 Å². The smallest absolute Gasteiger partial charge is 0.419 e. The quantitative estimate of drug-likeness (QED) is 0.578. The largest absolute Gasteiger partial charge is 0.496 e. The van der Waals surface area contributed by atoms with Crippen molar-refractivity contribution in [1.82, 2.24) is 0 Å². The predicted octanol–water partition coefficient (Wildman–Crippen LogP) is 5.68. The van der Waals surface area contributed by atoms with Crippen LogP contribution in [0.4, 0.5) is 16.2 Å². The van der Waals surface area contributed by atoms with Gasteiger partial charge in [0.25, 0.3) is 0 Å². The monoisotopic (exact) mass is 439 g/mol. The molecule has 0 aliphatic heterocycles. The molecule has 5 heteroatoms. The van der Waals surface area contributed by atoms with Crippen LogP contribution in [0.15, 0.2) is 42.5 Å². The molecule has 4 nitrogen and oxygen atoms in total. The summed E-state index contributed by atoms with van der Waals surface area (Å²) >= 11 is 2.19. The molecule has 0 spiro atoms. The summed E-state index contributed by atoms with van der Waals surface area (Å²) in [7, 11) is 1.62. The fourth-order valence-electron chi connectivity index (χ4n) is 2.17. The lowest BCUT2D eigenvalue weighted by atomic mass is 10.2. The van der Waals surface area contributed by atoms with Crippen molar-refractivity contribution in [2.45, 2.75) is 33.3 Å². The van der Waals surface area contributed by atoms with Crippen molar-refractivity contribution in [2.75, 3.05) is 12.0 Å². The molecule has 0 aliphatic carbocycles. The molecule has 0 fully saturated rings. The third-order valence-corrected chi connectivity index (χ3v) is 4.36. The number of aryl methyl sites for hydroxylation is 1. The van der Waals surface area contributed by atoms with E-state index in [1.54, 1.807) is 12.0 Å². The van der Waals surface area contributed by atoms with Gasteiger partial charge in [0.05, 0.1) is 22.1 Å². The summed E-state index contributed by atoms with van der Waals surface area (Å²) < 4.78 is 11.8. The van der Waals surface area contributed by atoms with Gasteiger partial charge in [0.1, 0.15) is 11.4 Å². The van der Waals surface area contributed by atoms with E-state index in [4.69, 9.17) is 9.47 Å². The lowest BCUT2D eigenvalue weighted by Crippen LogP contribution is -2.34. The number of anilines is 2. The number of hydrogen-bond donors (Lipinski definition) is 0. The van der Waals surface area contributed by atoms with E-state index in [0.29, 0.717) is 5.75 Å². The predicted molar refractivity (Wildman–Crippen MR) is 105 cm³/mol. The summed E-state index contributed by atoms with van der Waals surface area (Å²) in [6, 6.07) is 13.4. The number of carbonyl (C=O) groups excluding carboxylic acids is 1. The van der Waals surface area contributed by atoms with Gasteiger partial charge in [-0.05, 0) is 74.6 Å². The fourth-order valence-corrected chi connectivity index (χ4v) is 2.99. The van der Waals surface area contributed by atoms with Crippen LogP contribution in [0.2, 0.25) is 0 Å². The molecule has 0 saturated carbocycles. The minimum Gasteiger partial charge on any atom is -0.496 e. The van der Waals surface area contributed by atoms with Crippen molar-refractivity contribution in [3.05, 3.63) is 51.6 Å². The van der Waals surface area contributed by atoms with Crippen LogP contribution in [0.3, 0.4) is 0 Å². The van der Waals surface area contributed by atoms with Gasteiger partial charge in [-0.3, -0.25) is 0 Å². The Balaban J connectivity index is 2.55. The molecule has 2 rings (SSSR count). The highest BCUT2D eigenvalue weighted by molar-refractivity contribution is 14.1.